The molecule has 2 heteroatoms. The quantitative estimate of drug-likeness (QED) is 0.891. The minimum absolute atomic E-state index is 0.0153. The van der Waals surface area contributed by atoms with Gasteiger partial charge in [0.15, 0.2) is 0 Å². The summed E-state index contributed by atoms with van der Waals surface area (Å²) in [4.78, 5) is 1.97. The third-order valence-electron chi connectivity index (χ3n) is 3.64. The fourth-order valence-corrected chi connectivity index (χ4v) is 2.60. The standard InChI is InChI=1S/C19H23NO/c1-14(2)19(17-10-8-15(3)9-11-17)18(13-21)20-12-6-5-7-16(20)4/h5-12,14,21H,4,13H2,1-3H3/b19-18+. The van der Waals surface area contributed by atoms with E-state index in [0.29, 0.717) is 5.92 Å². The molecule has 1 heterocycles. The molecule has 1 N–H and O–H groups in total. The van der Waals surface area contributed by atoms with E-state index in [4.69, 9.17) is 0 Å². The number of hydrogen-bond acceptors (Lipinski definition) is 2. The van der Waals surface area contributed by atoms with Gasteiger partial charge in [0.1, 0.15) is 0 Å². The Hall–Kier alpha value is -2.06. The van der Waals surface area contributed by atoms with Gasteiger partial charge < -0.3 is 10.0 Å². The molecule has 0 radical (unpaired) electrons. The lowest BCUT2D eigenvalue weighted by molar-refractivity contribution is 0.301. The predicted molar refractivity (Wildman–Crippen MR) is 89.3 cm³/mol. The monoisotopic (exact) mass is 281 g/mol. The highest BCUT2D eigenvalue weighted by atomic mass is 16.3. The molecule has 0 aliphatic carbocycles. The highest BCUT2D eigenvalue weighted by Gasteiger charge is 2.18. The first-order valence-electron chi connectivity index (χ1n) is 7.28. The van der Waals surface area contributed by atoms with E-state index >= 15 is 0 Å². The Morgan fingerprint density at radius 1 is 1.19 bits per heavy atom. The number of aliphatic hydroxyl groups excluding tert-OH is 1. The number of aliphatic hydroxyl groups is 1. The molecule has 0 unspecified atom stereocenters. The van der Waals surface area contributed by atoms with Crippen LogP contribution in [0.15, 0.2) is 66.7 Å². The summed E-state index contributed by atoms with van der Waals surface area (Å²) in [6.07, 6.45) is 7.80. The van der Waals surface area contributed by atoms with E-state index in [1.807, 2.05) is 29.3 Å². The Labute approximate surface area is 127 Å². The maximum Gasteiger partial charge on any atom is 0.0839 e. The van der Waals surface area contributed by atoms with Gasteiger partial charge in [0.25, 0.3) is 0 Å². The number of aryl methyl sites for hydroxylation is 1. The summed E-state index contributed by atoms with van der Waals surface area (Å²) in [7, 11) is 0. The van der Waals surface area contributed by atoms with Gasteiger partial charge in [0.05, 0.1) is 12.3 Å². The Morgan fingerprint density at radius 3 is 2.38 bits per heavy atom. The fourth-order valence-electron chi connectivity index (χ4n) is 2.60. The highest BCUT2D eigenvalue weighted by molar-refractivity contribution is 5.71. The largest absolute Gasteiger partial charge is 0.390 e. The van der Waals surface area contributed by atoms with Gasteiger partial charge in [-0.1, -0.05) is 56.3 Å². The molecule has 2 rings (SSSR count). The van der Waals surface area contributed by atoms with Crippen LogP contribution < -0.4 is 0 Å². The van der Waals surface area contributed by atoms with E-state index in [2.05, 4.69) is 51.6 Å². The van der Waals surface area contributed by atoms with Crippen molar-refractivity contribution in [3.8, 4) is 0 Å². The lowest BCUT2D eigenvalue weighted by Crippen LogP contribution is -2.21. The maximum atomic E-state index is 9.93. The van der Waals surface area contributed by atoms with E-state index in [1.54, 1.807) is 0 Å². The molecule has 110 valence electrons. The topological polar surface area (TPSA) is 23.5 Å². The molecule has 0 bridgehead atoms. The van der Waals surface area contributed by atoms with E-state index < -0.39 is 0 Å². The van der Waals surface area contributed by atoms with Gasteiger partial charge in [-0.25, -0.2) is 0 Å². The van der Waals surface area contributed by atoms with Crippen molar-refractivity contribution in [2.45, 2.75) is 20.8 Å². The molecule has 0 atom stereocenters. The van der Waals surface area contributed by atoms with Crippen LogP contribution >= 0.6 is 0 Å². The molecule has 0 saturated carbocycles. The molecule has 0 amide bonds. The smallest absolute Gasteiger partial charge is 0.0839 e. The zero-order valence-corrected chi connectivity index (χ0v) is 13.0. The maximum absolute atomic E-state index is 9.93. The van der Waals surface area contributed by atoms with E-state index in [9.17, 15) is 5.11 Å². The fraction of sp³-hybridized carbons (Fsp3) is 0.263. The first-order valence-corrected chi connectivity index (χ1v) is 7.28. The van der Waals surface area contributed by atoms with Crippen molar-refractivity contribution < 1.29 is 5.11 Å². The average Bonchev–Trinajstić information content (AvgIpc) is 2.46. The third kappa shape index (κ3) is 3.34. The third-order valence-corrected chi connectivity index (χ3v) is 3.64. The molecule has 1 aromatic carbocycles. The Morgan fingerprint density at radius 2 is 1.86 bits per heavy atom. The number of allylic oxidation sites excluding steroid dienone is 4. The Kier molecular flexibility index (Phi) is 4.81. The molecular formula is C19H23NO. The number of hydrogen-bond donors (Lipinski definition) is 1. The van der Waals surface area contributed by atoms with Crippen molar-refractivity contribution in [1.29, 1.82) is 0 Å². The van der Waals surface area contributed by atoms with Gasteiger partial charge in [0, 0.05) is 11.9 Å². The van der Waals surface area contributed by atoms with Gasteiger partial charge in [-0.15, -0.1) is 0 Å². The Balaban J connectivity index is 2.55. The highest BCUT2D eigenvalue weighted by Crippen LogP contribution is 2.31. The Bertz CT molecular complexity index is 603. The summed E-state index contributed by atoms with van der Waals surface area (Å²) in [6, 6.07) is 8.44. The van der Waals surface area contributed by atoms with Gasteiger partial charge in [-0.05, 0) is 36.1 Å². The molecule has 1 aromatic rings. The summed E-state index contributed by atoms with van der Waals surface area (Å²) in [5.41, 5.74) is 5.29. The normalized spacial score (nSPS) is 15.7. The number of benzene rings is 1. The molecule has 1 aliphatic heterocycles. The van der Waals surface area contributed by atoms with Crippen molar-refractivity contribution in [2.75, 3.05) is 6.61 Å². The first-order chi connectivity index (χ1) is 10.0. The second-order valence-corrected chi connectivity index (χ2v) is 5.60. The van der Waals surface area contributed by atoms with Crippen molar-refractivity contribution >= 4 is 5.57 Å². The van der Waals surface area contributed by atoms with Crippen LogP contribution in [0.3, 0.4) is 0 Å². The van der Waals surface area contributed by atoms with E-state index in [-0.39, 0.29) is 6.61 Å². The molecule has 0 fully saturated rings. The van der Waals surface area contributed by atoms with Crippen LogP contribution in [0.4, 0.5) is 0 Å². The van der Waals surface area contributed by atoms with E-state index in [0.717, 1.165) is 22.5 Å². The summed E-state index contributed by atoms with van der Waals surface area (Å²) >= 11 is 0. The molecule has 21 heavy (non-hydrogen) atoms. The van der Waals surface area contributed by atoms with Crippen LogP contribution in [0.5, 0.6) is 0 Å². The van der Waals surface area contributed by atoms with Crippen molar-refractivity contribution in [3.05, 3.63) is 77.8 Å². The zero-order valence-electron chi connectivity index (χ0n) is 13.0. The SMILES string of the molecule is C=C1C=CC=CN1/C(CO)=C(/c1ccc(C)cc1)C(C)C. The van der Waals surface area contributed by atoms with E-state index in [1.165, 1.54) is 5.56 Å². The zero-order chi connectivity index (χ0) is 15.4. The van der Waals surface area contributed by atoms with Crippen LogP contribution in [0.25, 0.3) is 5.57 Å². The lowest BCUT2D eigenvalue weighted by Gasteiger charge is -2.29. The van der Waals surface area contributed by atoms with Crippen molar-refractivity contribution in [1.82, 2.24) is 4.90 Å². The second kappa shape index (κ2) is 6.59. The van der Waals surface area contributed by atoms with Crippen molar-refractivity contribution in [2.24, 2.45) is 5.92 Å². The summed E-state index contributed by atoms with van der Waals surface area (Å²) in [5, 5.41) is 9.93. The van der Waals surface area contributed by atoms with Crippen LogP contribution in [0, 0.1) is 12.8 Å². The van der Waals surface area contributed by atoms with Crippen LogP contribution in [-0.4, -0.2) is 16.6 Å². The molecule has 2 nitrogen and oxygen atoms in total. The predicted octanol–water partition coefficient (Wildman–Crippen LogP) is 4.25. The minimum atomic E-state index is -0.0153. The van der Waals surface area contributed by atoms with Crippen LogP contribution in [0.2, 0.25) is 0 Å². The number of nitrogens with zero attached hydrogens (tertiary/aromatic N) is 1. The van der Waals surface area contributed by atoms with Gasteiger partial charge in [0.2, 0.25) is 0 Å². The molecule has 0 spiro atoms. The van der Waals surface area contributed by atoms with Crippen molar-refractivity contribution in [3.63, 3.8) is 0 Å². The van der Waals surface area contributed by atoms with Gasteiger partial charge in [-0.2, -0.15) is 0 Å². The molecule has 0 aromatic heterocycles. The van der Waals surface area contributed by atoms with Gasteiger partial charge >= 0.3 is 0 Å². The first kappa shape index (κ1) is 15.3. The van der Waals surface area contributed by atoms with Crippen LogP contribution in [0.1, 0.15) is 25.0 Å². The summed E-state index contributed by atoms with van der Waals surface area (Å²) < 4.78 is 0. The average molecular weight is 281 g/mol. The van der Waals surface area contributed by atoms with Gasteiger partial charge in [-0.3, -0.25) is 0 Å². The molecule has 1 aliphatic rings. The summed E-state index contributed by atoms with van der Waals surface area (Å²) in [5.74, 6) is 0.307. The molecule has 0 saturated heterocycles. The lowest BCUT2D eigenvalue weighted by atomic mass is 9.92. The second-order valence-electron chi connectivity index (χ2n) is 5.60. The number of rotatable bonds is 4. The van der Waals surface area contributed by atoms with Crippen LogP contribution in [-0.2, 0) is 0 Å². The minimum Gasteiger partial charge on any atom is -0.390 e. The summed E-state index contributed by atoms with van der Waals surface area (Å²) in [6.45, 7) is 10.4. The molecular weight excluding hydrogens is 258 g/mol.